The van der Waals surface area contributed by atoms with Gasteiger partial charge in [0.25, 0.3) is 11.8 Å². The maximum absolute atomic E-state index is 13.1. The fourth-order valence-electron chi connectivity index (χ4n) is 3.80. The number of likely N-dealkylation sites (tertiary alicyclic amines) is 1. The number of benzene rings is 2. The molecule has 10 heteroatoms. The number of hydrogen-bond donors (Lipinski definition) is 1. The fourth-order valence-corrected chi connectivity index (χ4v) is 3.80. The number of rotatable bonds is 8. The van der Waals surface area contributed by atoms with E-state index < -0.39 is 6.16 Å². The normalized spacial score (nSPS) is 13.5. The van der Waals surface area contributed by atoms with Crippen LogP contribution in [0, 0.1) is 0 Å². The molecule has 3 rings (SSSR count). The van der Waals surface area contributed by atoms with Gasteiger partial charge in [-0.1, -0.05) is 0 Å². The van der Waals surface area contributed by atoms with Crippen LogP contribution >= 0.6 is 0 Å². The standard InChI is InChI=1S/C25H30N2O8/c1-5-34-25(30)35-19-8-6-16(7-9-19)23(28)26-18-10-12-27(13-11-18)24(29)17-14-20(31-2)22(33-4)21(15-17)32-3/h6-9,14-15,18H,5,10-13H2,1-4H3,(H,26,28). The first kappa shape index (κ1) is 25.7. The van der Waals surface area contributed by atoms with Crippen molar-refractivity contribution in [2.45, 2.75) is 25.8 Å². The third-order valence-corrected chi connectivity index (χ3v) is 5.61. The molecule has 1 aliphatic heterocycles. The van der Waals surface area contributed by atoms with Gasteiger partial charge in [-0.25, -0.2) is 4.79 Å². The van der Waals surface area contributed by atoms with Gasteiger partial charge in [0.1, 0.15) is 5.75 Å². The van der Waals surface area contributed by atoms with Gasteiger partial charge in [-0.3, -0.25) is 9.59 Å². The van der Waals surface area contributed by atoms with Crippen LogP contribution in [0.5, 0.6) is 23.0 Å². The molecular weight excluding hydrogens is 456 g/mol. The van der Waals surface area contributed by atoms with Gasteiger partial charge in [0, 0.05) is 30.3 Å². The summed E-state index contributed by atoms with van der Waals surface area (Å²) in [5, 5.41) is 3.00. The van der Waals surface area contributed by atoms with E-state index in [1.807, 2.05) is 0 Å². The van der Waals surface area contributed by atoms with Crippen molar-refractivity contribution in [3.05, 3.63) is 47.5 Å². The molecule has 188 valence electrons. The first-order valence-corrected chi connectivity index (χ1v) is 11.2. The van der Waals surface area contributed by atoms with Gasteiger partial charge in [0.2, 0.25) is 5.75 Å². The molecule has 1 fully saturated rings. The van der Waals surface area contributed by atoms with E-state index in [1.165, 1.54) is 33.5 Å². The van der Waals surface area contributed by atoms with Crippen LogP contribution in [-0.2, 0) is 4.74 Å². The maximum atomic E-state index is 13.1. The summed E-state index contributed by atoms with van der Waals surface area (Å²) in [5.74, 6) is 1.16. The summed E-state index contributed by atoms with van der Waals surface area (Å²) in [4.78, 5) is 38.8. The Morgan fingerprint density at radius 1 is 0.914 bits per heavy atom. The number of nitrogens with one attached hydrogen (secondary N) is 1. The van der Waals surface area contributed by atoms with Crippen LogP contribution in [-0.4, -0.2) is 69.9 Å². The van der Waals surface area contributed by atoms with Crippen molar-refractivity contribution in [3.63, 3.8) is 0 Å². The van der Waals surface area contributed by atoms with Crippen LogP contribution in [0.4, 0.5) is 4.79 Å². The van der Waals surface area contributed by atoms with E-state index >= 15 is 0 Å². The summed E-state index contributed by atoms with van der Waals surface area (Å²) >= 11 is 0. The number of nitrogens with zero attached hydrogens (tertiary/aromatic N) is 1. The Hall–Kier alpha value is -3.95. The molecule has 35 heavy (non-hydrogen) atoms. The molecule has 10 nitrogen and oxygen atoms in total. The average Bonchev–Trinajstić information content (AvgIpc) is 2.88. The van der Waals surface area contributed by atoms with E-state index in [-0.39, 0.29) is 24.5 Å². The van der Waals surface area contributed by atoms with Crippen LogP contribution in [0.3, 0.4) is 0 Å². The first-order chi connectivity index (χ1) is 16.9. The van der Waals surface area contributed by atoms with Crippen LogP contribution in [0.25, 0.3) is 0 Å². The summed E-state index contributed by atoms with van der Waals surface area (Å²) in [6, 6.07) is 9.41. The van der Waals surface area contributed by atoms with Crippen molar-refractivity contribution in [2.24, 2.45) is 0 Å². The third kappa shape index (κ3) is 6.34. The second-order valence-electron chi connectivity index (χ2n) is 7.76. The zero-order valence-corrected chi connectivity index (χ0v) is 20.3. The highest BCUT2D eigenvalue weighted by atomic mass is 16.7. The predicted octanol–water partition coefficient (Wildman–Crippen LogP) is 3.28. The Bertz CT molecular complexity index is 1020. The highest BCUT2D eigenvalue weighted by Crippen LogP contribution is 2.38. The number of piperidine rings is 1. The Kier molecular flexibility index (Phi) is 8.77. The Morgan fingerprint density at radius 2 is 1.51 bits per heavy atom. The number of carbonyl (C=O) groups is 3. The van der Waals surface area contributed by atoms with Crippen LogP contribution < -0.4 is 24.3 Å². The molecule has 1 saturated heterocycles. The molecule has 1 heterocycles. The molecule has 0 aliphatic carbocycles. The SMILES string of the molecule is CCOC(=O)Oc1ccc(C(=O)NC2CCN(C(=O)c3cc(OC)c(OC)c(OC)c3)CC2)cc1. The molecule has 0 unspecified atom stereocenters. The smallest absolute Gasteiger partial charge is 0.493 e. The number of amides is 2. The lowest BCUT2D eigenvalue weighted by molar-refractivity contribution is 0.0697. The topological polar surface area (TPSA) is 113 Å². The summed E-state index contributed by atoms with van der Waals surface area (Å²) < 4.78 is 25.7. The van der Waals surface area contributed by atoms with E-state index in [0.717, 1.165) is 0 Å². The number of methoxy groups -OCH3 is 3. The van der Waals surface area contributed by atoms with E-state index in [4.69, 9.17) is 23.7 Å². The fraction of sp³-hybridized carbons (Fsp3) is 0.400. The summed E-state index contributed by atoms with van der Waals surface area (Å²) in [6.45, 7) is 2.88. The highest BCUT2D eigenvalue weighted by molar-refractivity contribution is 5.96. The molecular formula is C25H30N2O8. The molecule has 0 spiro atoms. The van der Waals surface area contributed by atoms with E-state index in [2.05, 4.69) is 5.32 Å². The van der Waals surface area contributed by atoms with E-state index in [0.29, 0.717) is 60.1 Å². The Morgan fingerprint density at radius 3 is 2.03 bits per heavy atom. The maximum Gasteiger partial charge on any atom is 0.513 e. The molecule has 0 saturated carbocycles. The van der Waals surface area contributed by atoms with E-state index in [9.17, 15) is 14.4 Å². The molecule has 1 N–H and O–H groups in total. The minimum Gasteiger partial charge on any atom is -0.493 e. The summed E-state index contributed by atoms with van der Waals surface area (Å²) in [6.07, 6.45) is 0.440. The van der Waals surface area contributed by atoms with Crippen molar-refractivity contribution < 1.29 is 38.1 Å². The molecule has 1 aliphatic rings. The van der Waals surface area contributed by atoms with Crippen LogP contribution in [0.15, 0.2) is 36.4 Å². The molecule has 0 atom stereocenters. The zero-order valence-electron chi connectivity index (χ0n) is 20.3. The molecule has 2 aromatic carbocycles. The highest BCUT2D eigenvalue weighted by Gasteiger charge is 2.26. The molecule has 0 aromatic heterocycles. The summed E-state index contributed by atoms with van der Waals surface area (Å²) in [7, 11) is 4.51. The largest absolute Gasteiger partial charge is 0.513 e. The van der Waals surface area contributed by atoms with Crippen molar-refractivity contribution in [1.29, 1.82) is 0 Å². The molecule has 2 amide bonds. The predicted molar refractivity (Wildman–Crippen MR) is 127 cm³/mol. The minimum absolute atomic E-state index is 0.0676. The van der Waals surface area contributed by atoms with Crippen molar-refractivity contribution >= 4 is 18.0 Å². The molecule has 0 radical (unpaired) electrons. The van der Waals surface area contributed by atoms with Crippen molar-refractivity contribution in [2.75, 3.05) is 41.0 Å². The third-order valence-electron chi connectivity index (χ3n) is 5.61. The zero-order chi connectivity index (χ0) is 25.4. The van der Waals surface area contributed by atoms with Gasteiger partial charge in [0.05, 0.1) is 27.9 Å². The van der Waals surface area contributed by atoms with Gasteiger partial charge in [-0.15, -0.1) is 0 Å². The van der Waals surface area contributed by atoms with Crippen molar-refractivity contribution in [3.8, 4) is 23.0 Å². The monoisotopic (exact) mass is 486 g/mol. The van der Waals surface area contributed by atoms with E-state index in [1.54, 1.807) is 36.1 Å². The number of ether oxygens (including phenoxy) is 5. The first-order valence-electron chi connectivity index (χ1n) is 11.2. The minimum atomic E-state index is -0.794. The average molecular weight is 487 g/mol. The van der Waals surface area contributed by atoms with Gasteiger partial charge in [-0.2, -0.15) is 0 Å². The van der Waals surface area contributed by atoms with Gasteiger partial charge >= 0.3 is 6.16 Å². The van der Waals surface area contributed by atoms with Gasteiger partial charge in [0.15, 0.2) is 11.5 Å². The van der Waals surface area contributed by atoms with Crippen molar-refractivity contribution in [1.82, 2.24) is 10.2 Å². The lowest BCUT2D eigenvalue weighted by atomic mass is 10.0. The van der Waals surface area contributed by atoms with Crippen LogP contribution in [0.1, 0.15) is 40.5 Å². The number of carbonyl (C=O) groups excluding carboxylic acids is 3. The second kappa shape index (κ2) is 12.0. The summed E-state index contributed by atoms with van der Waals surface area (Å²) in [5.41, 5.74) is 0.879. The Labute approximate surface area is 204 Å². The van der Waals surface area contributed by atoms with Gasteiger partial charge in [-0.05, 0) is 56.2 Å². The molecule has 0 bridgehead atoms. The van der Waals surface area contributed by atoms with Crippen LogP contribution in [0.2, 0.25) is 0 Å². The molecule has 2 aromatic rings. The second-order valence-corrected chi connectivity index (χ2v) is 7.76. The lowest BCUT2D eigenvalue weighted by Crippen LogP contribution is -2.46. The van der Waals surface area contributed by atoms with Gasteiger partial charge < -0.3 is 33.9 Å². The quantitative estimate of drug-likeness (QED) is 0.447. The lowest BCUT2D eigenvalue weighted by Gasteiger charge is -2.32. The number of hydrogen-bond acceptors (Lipinski definition) is 8. The Balaban J connectivity index is 1.56.